The molecule has 2 rings (SSSR count). The fraction of sp³-hybridized carbons (Fsp3) is 0.458. The molecule has 0 amide bonds. The van der Waals surface area contributed by atoms with Gasteiger partial charge in [-0.05, 0) is 55.7 Å². The molecule has 2 heteroatoms. The third kappa shape index (κ3) is 7.13. The predicted molar refractivity (Wildman–Crippen MR) is 113 cm³/mol. The number of benzene rings is 1. The van der Waals surface area contributed by atoms with Crippen molar-refractivity contribution in [1.82, 2.24) is 4.98 Å². The van der Waals surface area contributed by atoms with Gasteiger partial charge in [-0.3, -0.25) is 4.98 Å². The molecule has 1 heterocycles. The first-order valence-corrected chi connectivity index (χ1v) is 10.0. The van der Waals surface area contributed by atoms with E-state index >= 15 is 0 Å². The minimum Gasteiger partial charge on any atom is -0.379 e. The van der Waals surface area contributed by atoms with Crippen molar-refractivity contribution in [1.29, 1.82) is 0 Å². The first kappa shape index (κ1) is 20.4. The van der Waals surface area contributed by atoms with E-state index < -0.39 is 0 Å². The van der Waals surface area contributed by atoms with Crippen molar-refractivity contribution in [3.63, 3.8) is 0 Å². The third-order valence-electron chi connectivity index (χ3n) is 4.60. The summed E-state index contributed by atoms with van der Waals surface area (Å²) in [7, 11) is 0. The molecule has 0 saturated heterocycles. The van der Waals surface area contributed by atoms with Gasteiger partial charge < -0.3 is 4.74 Å². The Labute approximate surface area is 159 Å². The maximum Gasteiger partial charge on any atom is 0.0547 e. The Morgan fingerprint density at radius 2 is 2.04 bits per heavy atom. The minimum absolute atomic E-state index is 0.372. The quantitative estimate of drug-likeness (QED) is 0.312. The predicted octanol–water partition coefficient (Wildman–Crippen LogP) is 6.74. The standard InChI is InChI=1S/C24H33NO/c1-4-6-10-16-26-20(3)12-8-7-9-13-21-14-15-22-18-24(11-5-2)25-19-23(22)17-21/h5,9,13-15,17-20H,2,4,6-8,10-12,16H2,1,3H3. The Kier molecular flexibility index (Phi) is 9.13. The largest absolute Gasteiger partial charge is 0.379 e. The highest BCUT2D eigenvalue weighted by atomic mass is 16.5. The van der Waals surface area contributed by atoms with Crippen LogP contribution in [0.5, 0.6) is 0 Å². The number of rotatable bonds is 12. The fourth-order valence-corrected chi connectivity index (χ4v) is 3.03. The molecular formula is C24H33NO. The maximum atomic E-state index is 5.85. The van der Waals surface area contributed by atoms with Gasteiger partial charge in [-0.15, -0.1) is 6.58 Å². The number of allylic oxidation sites excluding steroid dienone is 2. The van der Waals surface area contributed by atoms with Gasteiger partial charge in [-0.25, -0.2) is 0 Å². The van der Waals surface area contributed by atoms with Crippen molar-refractivity contribution >= 4 is 16.8 Å². The molecule has 2 aromatic rings. The summed E-state index contributed by atoms with van der Waals surface area (Å²) < 4.78 is 5.85. The number of hydrogen-bond acceptors (Lipinski definition) is 2. The summed E-state index contributed by atoms with van der Waals surface area (Å²) in [6.45, 7) is 9.09. The van der Waals surface area contributed by atoms with Crippen molar-refractivity contribution in [3.8, 4) is 0 Å². The van der Waals surface area contributed by atoms with E-state index in [0.29, 0.717) is 6.10 Å². The molecule has 1 unspecified atom stereocenters. The van der Waals surface area contributed by atoms with Crippen molar-refractivity contribution in [2.24, 2.45) is 0 Å². The van der Waals surface area contributed by atoms with Gasteiger partial charge in [0.15, 0.2) is 0 Å². The molecule has 0 fully saturated rings. The Hall–Kier alpha value is -1.93. The monoisotopic (exact) mass is 351 g/mol. The second kappa shape index (κ2) is 11.6. The van der Waals surface area contributed by atoms with Crippen molar-refractivity contribution in [2.75, 3.05) is 6.61 Å². The lowest BCUT2D eigenvalue weighted by Crippen LogP contribution is -2.08. The summed E-state index contributed by atoms with van der Waals surface area (Å²) in [5.74, 6) is 0. The average molecular weight is 352 g/mol. The lowest BCUT2D eigenvalue weighted by Gasteiger charge is -2.12. The molecule has 140 valence electrons. The Morgan fingerprint density at radius 1 is 1.15 bits per heavy atom. The van der Waals surface area contributed by atoms with Crippen LogP contribution >= 0.6 is 0 Å². The zero-order chi connectivity index (χ0) is 18.6. The van der Waals surface area contributed by atoms with Gasteiger partial charge in [0, 0.05) is 30.3 Å². The summed E-state index contributed by atoms with van der Waals surface area (Å²) >= 11 is 0. The van der Waals surface area contributed by atoms with Gasteiger partial charge in [0.2, 0.25) is 0 Å². The van der Waals surface area contributed by atoms with Crippen LogP contribution in [0.1, 0.15) is 63.6 Å². The normalized spacial score (nSPS) is 12.7. The molecule has 0 N–H and O–H groups in total. The molecule has 0 aliphatic rings. The second-order valence-corrected chi connectivity index (χ2v) is 7.00. The summed E-state index contributed by atoms with van der Waals surface area (Å²) in [5.41, 5.74) is 2.31. The molecule has 0 aliphatic heterocycles. The van der Waals surface area contributed by atoms with Crippen LogP contribution < -0.4 is 0 Å². The summed E-state index contributed by atoms with van der Waals surface area (Å²) in [6.07, 6.45) is 16.6. The molecular weight excluding hydrogens is 318 g/mol. The smallest absolute Gasteiger partial charge is 0.0547 e. The molecule has 2 nitrogen and oxygen atoms in total. The lowest BCUT2D eigenvalue weighted by atomic mass is 10.1. The highest BCUT2D eigenvalue weighted by Gasteiger charge is 2.01. The summed E-state index contributed by atoms with van der Waals surface area (Å²) in [5, 5.41) is 2.43. The topological polar surface area (TPSA) is 22.1 Å². The lowest BCUT2D eigenvalue weighted by molar-refractivity contribution is 0.0566. The first-order valence-electron chi connectivity index (χ1n) is 10.0. The van der Waals surface area contributed by atoms with E-state index in [1.54, 1.807) is 0 Å². The van der Waals surface area contributed by atoms with Gasteiger partial charge in [-0.1, -0.05) is 50.1 Å². The molecule has 1 aromatic heterocycles. The second-order valence-electron chi connectivity index (χ2n) is 7.00. The number of fused-ring (bicyclic) bond motifs is 1. The van der Waals surface area contributed by atoms with Crippen LogP contribution in [0.3, 0.4) is 0 Å². The Morgan fingerprint density at radius 3 is 2.85 bits per heavy atom. The van der Waals surface area contributed by atoms with Crippen molar-refractivity contribution in [3.05, 3.63) is 60.5 Å². The Balaban J connectivity index is 1.75. The van der Waals surface area contributed by atoms with Crippen LogP contribution in [0.15, 0.2) is 49.2 Å². The van der Waals surface area contributed by atoms with Crippen LogP contribution in [0.4, 0.5) is 0 Å². The highest BCUT2D eigenvalue weighted by molar-refractivity contribution is 5.84. The van der Waals surface area contributed by atoms with E-state index in [4.69, 9.17) is 4.74 Å². The summed E-state index contributed by atoms with van der Waals surface area (Å²) in [6, 6.07) is 8.70. The number of aromatic nitrogens is 1. The van der Waals surface area contributed by atoms with E-state index in [2.05, 4.69) is 61.8 Å². The van der Waals surface area contributed by atoms with Crippen LogP contribution in [-0.2, 0) is 11.2 Å². The van der Waals surface area contributed by atoms with E-state index in [1.807, 2.05) is 12.3 Å². The van der Waals surface area contributed by atoms with Crippen LogP contribution in [0.2, 0.25) is 0 Å². The molecule has 0 aliphatic carbocycles. The van der Waals surface area contributed by atoms with Gasteiger partial charge in [-0.2, -0.15) is 0 Å². The average Bonchev–Trinajstić information content (AvgIpc) is 2.65. The molecule has 0 saturated carbocycles. The van der Waals surface area contributed by atoms with Crippen LogP contribution in [0, 0.1) is 0 Å². The Bertz CT molecular complexity index is 704. The third-order valence-corrected chi connectivity index (χ3v) is 4.60. The molecule has 26 heavy (non-hydrogen) atoms. The summed E-state index contributed by atoms with van der Waals surface area (Å²) in [4.78, 5) is 4.49. The maximum absolute atomic E-state index is 5.85. The van der Waals surface area contributed by atoms with E-state index in [1.165, 1.54) is 42.0 Å². The van der Waals surface area contributed by atoms with E-state index in [0.717, 1.165) is 31.6 Å². The number of hydrogen-bond donors (Lipinski definition) is 0. The minimum atomic E-state index is 0.372. The van der Waals surface area contributed by atoms with Gasteiger partial charge in [0.05, 0.1) is 6.10 Å². The molecule has 0 radical (unpaired) electrons. The van der Waals surface area contributed by atoms with Gasteiger partial charge in [0.25, 0.3) is 0 Å². The molecule has 0 bridgehead atoms. The zero-order valence-corrected chi connectivity index (χ0v) is 16.4. The van der Waals surface area contributed by atoms with Gasteiger partial charge in [0.1, 0.15) is 0 Å². The van der Waals surface area contributed by atoms with Crippen molar-refractivity contribution in [2.45, 2.75) is 64.9 Å². The van der Waals surface area contributed by atoms with Crippen LogP contribution in [-0.4, -0.2) is 17.7 Å². The number of unbranched alkanes of at least 4 members (excludes halogenated alkanes) is 3. The van der Waals surface area contributed by atoms with Crippen molar-refractivity contribution < 1.29 is 4.74 Å². The SMILES string of the molecule is C=CCc1cc2ccc(C=CCCCC(C)OCCCCC)cc2cn1. The van der Waals surface area contributed by atoms with Gasteiger partial charge >= 0.3 is 0 Å². The zero-order valence-electron chi connectivity index (χ0n) is 16.4. The van der Waals surface area contributed by atoms with E-state index in [9.17, 15) is 0 Å². The number of nitrogens with zero attached hydrogens (tertiary/aromatic N) is 1. The molecule has 0 spiro atoms. The van der Waals surface area contributed by atoms with Crippen LogP contribution in [0.25, 0.3) is 16.8 Å². The fourth-order valence-electron chi connectivity index (χ4n) is 3.03. The number of pyridine rings is 1. The molecule has 1 atom stereocenters. The van der Waals surface area contributed by atoms with E-state index in [-0.39, 0.29) is 0 Å². The molecule has 1 aromatic carbocycles. The number of ether oxygens (including phenoxy) is 1. The highest BCUT2D eigenvalue weighted by Crippen LogP contribution is 2.18. The first-order chi connectivity index (χ1) is 12.7.